The standard InChI is InChI=1S/C17H14N2O4S/c1-8-4-11-13(21)6-15(23-14(11)5-9(8)2)16(22)19-17-18-12(7-24-17)10(3)20/h4-7H,1-3H3,(H,18,19,22). The van der Waals surface area contributed by atoms with Crippen molar-refractivity contribution in [3.05, 3.63) is 56.4 Å². The Bertz CT molecular complexity index is 1030. The predicted molar refractivity (Wildman–Crippen MR) is 92.0 cm³/mol. The summed E-state index contributed by atoms with van der Waals surface area (Å²) in [5, 5.41) is 4.80. The van der Waals surface area contributed by atoms with Crippen LogP contribution in [0, 0.1) is 13.8 Å². The molecule has 2 heterocycles. The zero-order chi connectivity index (χ0) is 17.4. The van der Waals surface area contributed by atoms with Crippen LogP contribution in [0.15, 0.2) is 32.8 Å². The summed E-state index contributed by atoms with van der Waals surface area (Å²) >= 11 is 1.13. The fourth-order valence-electron chi connectivity index (χ4n) is 2.17. The molecule has 0 atom stereocenters. The van der Waals surface area contributed by atoms with Gasteiger partial charge in [0, 0.05) is 18.4 Å². The molecule has 0 fully saturated rings. The average molecular weight is 342 g/mol. The number of ketones is 1. The number of hydrogen-bond acceptors (Lipinski definition) is 6. The van der Waals surface area contributed by atoms with Gasteiger partial charge in [0.1, 0.15) is 11.3 Å². The molecule has 0 aliphatic rings. The third kappa shape index (κ3) is 2.98. The zero-order valence-corrected chi connectivity index (χ0v) is 14.1. The number of rotatable bonds is 3. The monoisotopic (exact) mass is 342 g/mol. The van der Waals surface area contributed by atoms with Crippen LogP contribution >= 0.6 is 11.3 Å². The highest BCUT2D eigenvalue weighted by molar-refractivity contribution is 7.14. The van der Waals surface area contributed by atoms with E-state index in [1.807, 2.05) is 13.8 Å². The summed E-state index contributed by atoms with van der Waals surface area (Å²) in [5.41, 5.74) is 2.30. The van der Waals surface area contributed by atoms with Gasteiger partial charge in [-0.2, -0.15) is 0 Å². The Labute approximate surface area is 141 Å². The van der Waals surface area contributed by atoms with Gasteiger partial charge in [-0.25, -0.2) is 4.98 Å². The highest BCUT2D eigenvalue weighted by Crippen LogP contribution is 2.20. The Morgan fingerprint density at radius 2 is 1.88 bits per heavy atom. The Balaban J connectivity index is 1.96. The van der Waals surface area contributed by atoms with Gasteiger partial charge < -0.3 is 4.42 Å². The van der Waals surface area contributed by atoms with Crippen LogP contribution < -0.4 is 10.7 Å². The third-order valence-corrected chi connectivity index (χ3v) is 4.41. The number of carbonyl (C=O) groups is 2. The van der Waals surface area contributed by atoms with Gasteiger partial charge in [-0.1, -0.05) is 0 Å². The molecule has 1 N–H and O–H groups in total. The van der Waals surface area contributed by atoms with Crippen LogP contribution in [0.1, 0.15) is 39.1 Å². The van der Waals surface area contributed by atoms with Crippen LogP contribution in [-0.4, -0.2) is 16.7 Å². The number of nitrogens with zero attached hydrogens (tertiary/aromatic N) is 1. The van der Waals surface area contributed by atoms with Crippen molar-refractivity contribution >= 4 is 39.1 Å². The van der Waals surface area contributed by atoms with Crippen LogP contribution in [0.3, 0.4) is 0 Å². The van der Waals surface area contributed by atoms with Crippen LogP contribution in [-0.2, 0) is 0 Å². The lowest BCUT2D eigenvalue weighted by Gasteiger charge is -2.05. The van der Waals surface area contributed by atoms with E-state index in [4.69, 9.17) is 4.42 Å². The Hall–Kier alpha value is -2.80. The van der Waals surface area contributed by atoms with E-state index in [1.54, 1.807) is 17.5 Å². The van der Waals surface area contributed by atoms with Crippen molar-refractivity contribution in [3.8, 4) is 0 Å². The van der Waals surface area contributed by atoms with Crippen molar-refractivity contribution in [2.75, 3.05) is 5.32 Å². The molecule has 7 heteroatoms. The van der Waals surface area contributed by atoms with Crippen molar-refractivity contribution in [1.29, 1.82) is 0 Å². The summed E-state index contributed by atoms with van der Waals surface area (Å²) in [7, 11) is 0. The topological polar surface area (TPSA) is 89.3 Å². The van der Waals surface area contributed by atoms with Gasteiger partial charge in [-0.05, 0) is 37.1 Å². The van der Waals surface area contributed by atoms with Crippen molar-refractivity contribution < 1.29 is 14.0 Å². The molecule has 3 rings (SSSR count). The van der Waals surface area contributed by atoms with Gasteiger partial charge in [-0.15, -0.1) is 11.3 Å². The predicted octanol–water partition coefficient (Wildman–Crippen LogP) is 3.32. The van der Waals surface area contributed by atoms with Crippen molar-refractivity contribution in [2.45, 2.75) is 20.8 Å². The van der Waals surface area contributed by atoms with E-state index >= 15 is 0 Å². The molecule has 0 saturated heterocycles. The number of carbonyl (C=O) groups excluding carboxylic acids is 2. The molecule has 24 heavy (non-hydrogen) atoms. The van der Waals surface area contributed by atoms with Crippen LogP contribution in [0.2, 0.25) is 0 Å². The summed E-state index contributed by atoms with van der Waals surface area (Å²) in [6, 6.07) is 4.64. The molecule has 1 aromatic carbocycles. The first-order valence-electron chi connectivity index (χ1n) is 7.18. The molecule has 0 unspecified atom stereocenters. The minimum atomic E-state index is -0.586. The Morgan fingerprint density at radius 3 is 2.54 bits per heavy atom. The summed E-state index contributed by atoms with van der Waals surface area (Å²) in [5.74, 6) is -0.873. The first kappa shape index (κ1) is 16.1. The summed E-state index contributed by atoms with van der Waals surface area (Å²) in [6.07, 6.45) is 0. The lowest BCUT2D eigenvalue weighted by Crippen LogP contribution is -2.15. The minimum absolute atomic E-state index is 0.102. The van der Waals surface area contributed by atoms with Crippen LogP contribution in [0.25, 0.3) is 11.0 Å². The normalized spacial score (nSPS) is 10.8. The quantitative estimate of drug-likeness (QED) is 0.738. The number of Topliss-reactive ketones (excluding diaryl/α,β-unsaturated/α-hetero) is 1. The van der Waals surface area contributed by atoms with Gasteiger partial charge >= 0.3 is 0 Å². The van der Waals surface area contributed by atoms with E-state index < -0.39 is 5.91 Å². The van der Waals surface area contributed by atoms with E-state index in [-0.39, 0.29) is 27.8 Å². The van der Waals surface area contributed by atoms with Crippen molar-refractivity contribution in [2.24, 2.45) is 0 Å². The van der Waals surface area contributed by atoms with E-state index in [0.29, 0.717) is 11.0 Å². The number of aromatic nitrogens is 1. The number of aryl methyl sites for hydroxylation is 2. The SMILES string of the molecule is CC(=O)c1csc(NC(=O)c2cc(=O)c3cc(C)c(C)cc3o2)n1. The van der Waals surface area contributed by atoms with Crippen molar-refractivity contribution in [1.82, 2.24) is 4.98 Å². The first-order valence-corrected chi connectivity index (χ1v) is 8.06. The molecule has 0 aliphatic carbocycles. The third-order valence-electron chi connectivity index (χ3n) is 3.65. The fourth-order valence-corrected chi connectivity index (χ4v) is 2.92. The molecule has 0 saturated carbocycles. The van der Waals surface area contributed by atoms with Crippen molar-refractivity contribution in [3.63, 3.8) is 0 Å². The van der Waals surface area contributed by atoms with Gasteiger partial charge in [-0.3, -0.25) is 19.7 Å². The number of nitrogens with one attached hydrogen (secondary N) is 1. The highest BCUT2D eigenvalue weighted by atomic mass is 32.1. The summed E-state index contributed by atoms with van der Waals surface area (Å²) in [6.45, 7) is 5.21. The maximum atomic E-state index is 12.3. The maximum Gasteiger partial charge on any atom is 0.293 e. The summed E-state index contributed by atoms with van der Waals surface area (Å²) in [4.78, 5) is 39.7. The molecule has 122 valence electrons. The molecule has 0 spiro atoms. The van der Waals surface area contributed by atoms with Crippen LogP contribution in [0.5, 0.6) is 0 Å². The van der Waals surface area contributed by atoms with Gasteiger partial charge in [0.05, 0.1) is 5.39 Å². The van der Waals surface area contributed by atoms with Crippen LogP contribution in [0.4, 0.5) is 5.13 Å². The number of benzene rings is 1. The molecular formula is C17H14N2O4S. The van der Waals surface area contributed by atoms with E-state index in [1.165, 1.54) is 6.92 Å². The Morgan fingerprint density at radius 1 is 1.17 bits per heavy atom. The van der Waals surface area contributed by atoms with Gasteiger partial charge in [0.2, 0.25) is 0 Å². The smallest absolute Gasteiger partial charge is 0.293 e. The Kier molecular flexibility index (Phi) is 4.02. The second kappa shape index (κ2) is 6.01. The van der Waals surface area contributed by atoms with Gasteiger partial charge in [0.25, 0.3) is 5.91 Å². The van der Waals surface area contributed by atoms with E-state index in [9.17, 15) is 14.4 Å². The van der Waals surface area contributed by atoms with Gasteiger partial charge in [0.15, 0.2) is 22.1 Å². The highest BCUT2D eigenvalue weighted by Gasteiger charge is 2.15. The zero-order valence-electron chi connectivity index (χ0n) is 13.3. The molecule has 0 radical (unpaired) electrons. The number of fused-ring (bicyclic) bond motifs is 1. The molecule has 0 aliphatic heterocycles. The van der Waals surface area contributed by atoms with E-state index in [0.717, 1.165) is 28.5 Å². The molecule has 1 amide bonds. The number of anilines is 1. The number of amides is 1. The average Bonchev–Trinajstić information content (AvgIpc) is 2.98. The fraction of sp³-hybridized carbons (Fsp3) is 0.176. The molecule has 0 bridgehead atoms. The lowest BCUT2D eigenvalue weighted by atomic mass is 10.1. The maximum absolute atomic E-state index is 12.3. The van der Waals surface area contributed by atoms with E-state index in [2.05, 4.69) is 10.3 Å². The second-order valence-corrected chi connectivity index (χ2v) is 6.31. The molecule has 6 nitrogen and oxygen atoms in total. The summed E-state index contributed by atoms with van der Waals surface area (Å²) < 4.78 is 5.56. The second-order valence-electron chi connectivity index (χ2n) is 5.46. The number of thiazole rings is 1. The lowest BCUT2D eigenvalue weighted by molar-refractivity contribution is 0.0991. The minimum Gasteiger partial charge on any atom is -0.451 e. The molecular weight excluding hydrogens is 328 g/mol. The largest absolute Gasteiger partial charge is 0.451 e. The first-order chi connectivity index (χ1) is 11.3. The molecule has 3 aromatic rings. The number of hydrogen-bond donors (Lipinski definition) is 1. The molecule has 2 aromatic heterocycles.